The Morgan fingerprint density at radius 3 is 2.64 bits per heavy atom. The van der Waals surface area contributed by atoms with E-state index < -0.39 is 11.6 Å². The van der Waals surface area contributed by atoms with Gasteiger partial charge in [-0.15, -0.1) is 0 Å². The van der Waals surface area contributed by atoms with Crippen molar-refractivity contribution in [1.82, 2.24) is 10.3 Å². The standard InChI is InChI=1S/C20H23F2N5S/c21-17-12-19(18(22)11-16(17)13-24-25-20(23)28)27-8-4-7-26(9-10-27)14-15-5-2-1-3-6-15/h1-3,5-6,11-13H,4,7-10,14H2,(H3,23,25,28)/b24-13+. The molecule has 3 rings (SSSR count). The molecule has 2 aromatic rings. The van der Waals surface area contributed by atoms with Crippen LogP contribution in [0.3, 0.4) is 0 Å². The third-order valence-corrected chi connectivity index (χ3v) is 4.71. The van der Waals surface area contributed by atoms with Gasteiger partial charge in [-0.3, -0.25) is 10.3 Å². The van der Waals surface area contributed by atoms with Gasteiger partial charge in [-0.2, -0.15) is 5.10 Å². The van der Waals surface area contributed by atoms with E-state index in [0.717, 1.165) is 38.3 Å². The summed E-state index contributed by atoms with van der Waals surface area (Å²) in [6.07, 6.45) is 2.04. The number of rotatable bonds is 5. The Labute approximate surface area is 168 Å². The molecule has 1 aliphatic heterocycles. The fourth-order valence-electron chi connectivity index (χ4n) is 3.27. The molecule has 3 N–H and O–H groups in total. The van der Waals surface area contributed by atoms with E-state index in [4.69, 9.17) is 5.73 Å². The number of halogens is 2. The van der Waals surface area contributed by atoms with E-state index in [9.17, 15) is 8.78 Å². The van der Waals surface area contributed by atoms with Crippen LogP contribution in [0, 0.1) is 11.6 Å². The van der Waals surface area contributed by atoms with Gasteiger partial charge in [0.25, 0.3) is 0 Å². The lowest BCUT2D eigenvalue weighted by Crippen LogP contribution is -2.31. The van der Waals surface area contributed by atoms with Gasteiger partial charge < -0.3 is 10.6 Å². The molecule has 0 atom stereocenters. The van der Waals surface area contributed by atoms with Crippen LogP contribution in [0.15, 0.2) is 47.6 Å². The first-order chi connectivity index (χ1) is 13.5. The van der Waals surface area contributed by atoms with Gasteiger partial charge in [0, 0.05) is 44.4 Å². The number of hydrogen-bond donors (Lipinski definition) is 2. The van der Waals surface area contributed by atoms with Crippen molar-refractivity contribution in [3.05, 3.63) is 65.2 Å². The van der Waals surface area contributed by atoms with E-state index in [1.165, 1.54) is 11.6 Å². The summed E-state index contributed by atoms with van der Waals surface area (Å²) in [5, 5.41) is 3.64. The second-order valence-electron chi connectivity index (χ2n) is 6.66. The zero-order chi connectivity index (χ0) is 19.9. The summed E-state index contributed by atoms with van der Waals surface area (Å²) >= 11 is 4.61. The molecule has 1 fully saturated rings. The zero-order valence-electron chi connectivity index (χ0n) is 15.4. The Hall–Kier alpha value is -2.58. The van der Waals surface area contributed by atoms with Crippen molar-refractivity contribution in [2.75, 3.05) is 31.1 Å². The summed E-state index contributed by atoms with van der Waals surface area (Å²) in [6.45, 7) is 3.89. The van der Waals surface area contributed by atoms with Gasteiger partial charge in [0.2, 0.25) is 0 Å². The molecule has 0 amide bonds. The Balaban J connectivity index is 1.67. The molecule has 8 heteroatoms. The Morgan fingerprint density at radius 1 is 1.11 bits per heavy atom. The van der Waals surface area contributed by atoms with Crippen LogP contribution in [0.25, 0.3) is 0 Å². The lowest BCUT2D eigenvalue weighted by molar-refractivity contribution is 0.285. The Morgan fingerprint density at radius 2 is 1.89 bits per heavy atom. The molecule has 0 radical (unpaired) electrons. The highest BCUT2D eigenvalue weighted by atomic mass is 32.1. The molecule has 5 nitrogen and oxygen atoms in total. The van der Waals surface area contributed by atoms with Crippen molar-refractivity contribution >= 4 is 29.2 Å². The normalized spacial score (nSPS) is 15.6. The first kappa shape index (κ1) is 20.2. The van der Waals surface area contributed by atoms with Gasteiger partial charge in [-0.25, -0.2) is 8.78 Å². The van der Waals surface area contributed by atoms with Gasteiger partial charge in [-0.1, -0.05) is 30.3 Å². The van der Waals surface area contributed by atoms with Crippen LogP contribution in [-0.4, -0.2) is 42.4 Å². The minimum Gasteiger partial charge on any atom is -0.375 e. The number of nitrogens with two attached hydrogens (primary N) is 1. The lowest BCUT2D eigenvalue weighted by atomic mass is 10.1. The number of nitrogens with zero attached hydrogens (tertiary/aromatic N) is 3. The maximum atomic E-state index is 14.6. The number of nitrogens with one attached hydrogen (secondary N) is 1. The van der Waals surface area contributed by atoms with Crippen LogP contribution in [0.4, 0.5) is 14.5 Å². The number of hydrazone groups is 1. The van der Waals surface area contributed by atoms with Gasteiger partial charge in [0.05, 0.1) is 11.9 Å². The Bertz CT molecular complexity index is 844. The molecular weight excluding hydrogens is 380 g/mol. The average molecular weight is 404 g/mol. The fraction of sp³-hybridized carbons (Fsp3) is 0.300. The van der Waals surface area contributed by atoms with Gasteiger partial charge in [0.15, 0.2) is 5.11 Å². The highest BCUT2D eigenvalue weighted by Gasteiger charge is 2.19. The second-order valence-corrected chi connectivity index (χ2v) is 7.10. The highest BCUT2D eigenvalue weighted by Crippen LogP contribution is 2.24. The van der Waals surface area contributed by atoms with Crippen LogP contribution in [0.1, 0.15) is 17.5 Å². The third kappa shape index (κ3) is 5.46. The topological polar surface area (TPSA) is 56.9 Å². The number of benzene rings is 2. The number of anilines is 1. The van der Waals surface area contributed by atoms with Crippen LogP contribution in [-0.2, 0) is 6.54 Å². The molecule has 1 saturated heterocycles. The van der Waals surface area contributed by atoms with Crippen LogP contribution >= 0.6 is 12.2 Å². The molecule has 0 aromatic heterocycles. The number of thiocarbonyl (C=S) groups is 1. The summed E-state index contributed by atoms with van der Waals surface area (Å²) in [5.74, 6) is -1.02. The minimum atomic E-state index is -0.546. The third-order valence-electron chi connectivity index (χ3n) is 4.62. The molecule has 0 bridgehead atoms. The SMILES string of the molecule is NC(=S)N/N=C/c1cc(F)c(N2CCCN(Cc3ccccc3)CC2)cc1F. The quantitative estimate of drug-likeness (QED) is 0.457. The molecule has 28 heavy (non-hydrogen) atoms. The maximum absolute atomic E-state index is 14.6. The molecule has 0 unspecified atom stereocenters. The first-order valence-electron chi connectivity index (χ1n) is 9.11. The van der Waals surface area contributed by atoms with E-state index in [1.54, 1.807) is 0 Å². The summed E-state index contributed by atoms with van der Waals surface area (Å²) in [4.78, 5) is 4.24. The van der Waals surface area contributed by atoms with E-state index >= 15 is 0 Å². The van der Waals surface area contributed by atoms with E-state index in [0.29, 0.717) is 13.1 Å². The van der Waals surface area contributed by atoms with Crippen molar-refractivity contribution in [2.24, 2.45) is 10.8 Å². The molecule has 1 aliphatic rings. The van der Waals surface area contributed by atoms with Crippen LogP contribution in [0.2, 0.25) is 0 Å². The van der Waals surface area contributed by atoms with Crippen LogP contribution in [0.5, 0.6) is 0 Å². The van der Waals surface area contributed by atoms with E-state index in [2.05, 4.69) is 39.8 Å². The largest absolute Gasteiger partial charge is 0.375 e. The van der Waals surface area contributed by atoms with Crippen molar-refractivity contribution in [3.8, 4) is 0 Å². The average Bonchev–Trinajstić information content (AvgIpc) is 2.90. The predicted molar refractivity (Wildman–Crippen MR) is 112 cm³/mol. The van der Waals surface area contributed by atoms with Crippen molar-refractivity contribution < 1.29 is 8.78 Å². The summed E-state index contributed by atoms with van der Waals surface area (Å²) < 4.78 is 29.0. The molecule has 0 aliphatic carbocycles. The molecule has 0 saturated carbocycles. The molecule has 148 valence electrons. The molecule has 0 spiro atoms. The summed E-state index contributed by atoms with van der Waals surface area (Å²) in [6, 6.07) is 12.6. The smallest absolute Gasteiger partial charge is 0.184 e. The predicted octanol–water partition coefficient (Wildman–Crippen LogP) is 2.84. The zero-order valence-corrected chi connectivity index (χ0v) is 16.3. The van der Waals surface area contributed by atoms with Crippen molar-refractivity contribution in [2.45, 2.75) is 13.0 Å². The van der Waals surface area contributed by atoms with E-state index in [-0.39, 0.29) is 16.4 Å². The fourth-order valence-corrected chi connectivity index (χ4v) is 3.32. The monoisotopic (exact) mass is 403 g/mol. The molecular formula is C20H23F2N5S. The first-order valence-corrected chi connectivity index (χ1v) is 9.52. The van der Waals surface area contributed by atoms with Gasteiger partial charge >= 0.3 is 0 Å². The van der Waals surface area contributed by atoms with Gasteiger partial charge in [-0.05, 0) is 30.3 Å². The highest BCUT2D eigenvalue weighted by molar-refractivity contribution is 7.80. The lowest BCUT2D eigenvalue weighted by Gasteiger charge is -2.24. The summed E-state index contributed by atoms with van der Waals surface area (Å²) in [5.41, 5.74) is 9.14. The number of hydrogen-bond acceptors (Lipinski definition) is 4. The second kappa shape index (κ2) is 9.57. The molecule has 1 heterocycles. The van der Waals surface area contributed by atoms with Crippen LogP contribution < -0.4 is 16.1 Å². The van der Waals surface area contributed by atoms with Gasteiger partial charge in [0.1, 0.15) is 11.6 Å². The van der Waals surface area contributed by atoms with E-state index in [1.807, 2.05) is 23.1 Å². The summed E-state index contributed by atoms with van der Waals surface area (Å²) in [7, 11) is 0. The minimum absolute atomic E-state index is 0.0329. The van der Waals surface area contributed by atoms with Crippen molar-refractivity contribution in [3.63, 3.8) is 0 Å². The van der Waals surface area contributed by atoms with Crippen molar-refractivity contribution in [1.29, 1.82) is 0 Å². The maximum Gasteiger partial charge on any atom is 0.184 e. The molecule has 2 aromatic carbocycles. The Kier molecular flexibility index (Phi) is 6.89.